The van der Waals surface area contributed by atoms with E-state index in [-0.39, 0.29) is 0 Å². The predicted molar refractivity (Wildman–Crippen MR) is 236 cm³/mol. The first kappa shape index (κ1) is 42.0. The van der Waals surface area contributed by atoms with E-state index < -0.39 is 37.0 Å². The van der Waals surface area contributed by atoms with E-state index in [0.29, 0.717) is 0 Å². The van der Waals surface area contributed by atoms with Crippen LogP contribution in [0.4, 0.5) is 0 Å². The van der Waals surface area contributed by atoms with Gasteiger partial charge in [-0.25, -0.2) is 0 Å². The zero-order valence-corrected chi connectivity index (χ0v) is 39.2. The first-order chi connectivity index (χ1) is 24.3. The van der Waals surface area contributed by atoms with E-state index >= 15 is 0 Å². The number of fused-ring (bicyclic) bond motifs is 2. The van der Waals surface area contributed by atoms with Gasteiger partial charge in [0.1, 0.15) is 0 Å². The third kappa shape index (κ3) is 11.4. The Labute approximate surface area is 332 Å². The quantitative estimate of drug-likeness (QED) is 0.116. The molecule has 1 aliphatic rings. The van der Waals surface area contributed by atoms with Gasteiger partial charge in [0.2, 0.25) is 0 Å². The molecule has 2 radical (unpaired) electrons. The topological polar surface area (TPSA) is 0 Å². The summed E-state index contributed by atoms with van der Waals surface area (Å²) in [4.78, 5) is 0. The first-order valence-electron chi connectivity index (χ1n) is 18.5. The second-order valence-corrected chi connectivity index (χ2v) is 30.7. The molecule has 0 heterocycles. The molecular weight excluding hydrogens is 787 g/mol. The van der Waals surface area contributed by atoms with Gasteiger partial charge >= 0.3 is 37.9 Å². The molecule has 51 heavy (non-hydrogen) atoms. The van der Waals surface area contributed by atoms with E-state index in [1.165, 1.54) is 85.4 Å². The van der Waals surface area contributed by atoms with Gasteiger partial charge in [0.15, 0.2) is 0 Å². The number of benzene rings is 4. The number of hydrogen-bond donors (Lipinski definition) is 0. The minimum absolute atomic E-state index is 0.791. The van der Waals surface area contributed by atoms with Crippen LogP contribution < -0.4 is 10.4 Å². The molecule has 0 nitrogen and oxygen atoms in total. The van der Waals surface area contributed by atoms with Crippen molar-refractivity contribution in [1.29, 1.82) is 0 Å². The third-order valence-electron chi connectivity index (χ3n) is 9.94. The van der Waals surface area contributed by atoms with Crippen LogP contribution in [0.25, 0.3) is 43.8 Å². The van der Waals surface area contributed by atoms with Gasteiger partial charge in [-0.2, -0.15) is 12.1 Å². The monoisotopic (exact) mass is 840 g/mol. The van der Waals surface area contributed by atoms with Crippen molar-refractivity contribution in [3.63, 3.8) is 0 Å². The van der Waals surface area contributed by atoms with Crippen molar-refractivity contribution in [2.45, 2.75) is 97.3 Å². The summed E-state index contributed by atoms with van der Waals surface area (Å²) in [7, 11) is 8.51. The van der Waals surface area contributed by atoms with Gasteiger partial charge in [-0.05, 0) is 36.3 Å². The Balaban J connectivity index is 0.000000200. The minimum atomic E-state index is -1.22. The SMILES string of the molecule is CCc1cc2c(-c3ccc([Si](C)(C)C)cc3)cccc2[cH-]1.C[Si](C)(C)c1ccc(-c2cccc3[cH-]c(C4CCCC4)cc23)cc1.C[Si]C.[Cl][Zr+2][Cl]. The second-order valence-electron chi connectivity index (χ2n) is 15.8. The molecule has 266 valence electrons. The van der Waals surface area contributed by atoms with Gasteiger partial charge in [-0.15, -0.1) is 69.1 Å². The van der Waals surface area contributed by atoms with E-state index in [1.54, 1.807) is 5.56 Å². The molecule has 6 aromatic rings. The molecule has 0 aromatic heterocycles. The Morgan fingerprint density at radius 3 is 1.47 bits per heavy atom. The number of halogens is 2. The molecule has 1 fully saturated rings. The fraction of sp³-hybridized carbons (Fsp3) is 0.333. The van der Waals surface area contributed by atoms with Gasteiger partial charge in [-0.1, -0.05) is 154 Å². The zero-order valence-electron chi connectivity index (χ0n) is 32.3. The van der Waals surface area contributed by atoms with Crippen molar-refractivity contribution in [3.05, 3.63) is 120 Å². The molecule has 0 aliphatic heterocycles. The number of rotatable bonds is 6. The van der Waals surface area contributed by atoms with Crippen LogP contribution in [0.2, 0.25) is 52.4 Å². The van der Waals surface area contributed by atoms with E-state index in [9.17, 15) is 0 Å². The van der Waals surface area contributed by atoms with E-state index in [2.05, 4.69) is 168 Å². The molecule has 0 bridgehead atoms. The molecule has 0 amide bonds. The van der Waals surface area contributed by atoms with Gasteiger partial charge < -0.3 is 0 Å². The van der Waals surface area contributed by atoms with Crippen LogP contribution in [0, 0.1) is 0 Å². The molecule has 0 unspecified atom stereocenters. The van der Waals surface area contributed by atoms with Crippen molar-refractivity contribution < 1.29 is 20.8 Å². The fourth-order valence-electron chi connectivity index (χ4n) is 7.06. The molecule has 6 heteroatoms. The Morgan fingerprint density at radius 1 is 0.647 bits per heavy atom. The van der Waals surface area contributed by atoms with Crippen LogP contribution in [0.1, 0.15) is 49.7 Å². The molecule has 1 saturated carbocycles. The Kier molecular flexibility index (Phi) is 16.1. The van der Waals surface area contributed by atoms with Crippen LogP contribution in [0.3, 0.4) is 0 Å². The van der Waals surface area contributed by atoms with E-state index in [1.807, 2.05) is 0 Å². The summed E-state index contributed by atoms with van der Waals surface area (Å²) in [5.74, 6) is 0.791. The predicted octanol–water partition coefficient (Wildman–Crippen LogP) is 13.9. The number of hydrogen-bond acceptors (Lipinski definition) is 0. The summed E-state index contributed by atoms with van der Waals surface area (Å²) in [6.07, 6.45) is 6.64. The molecule has 1 aliphatic carbocycles. The van der Waals surface area contributed by atoms with Crippen LogP contribution in [0.15, 0.2) is 109 Å². The van der Waals surface area contributed by atoms with Gasteiger partial charge in [0.25, 0.3) is 0 Å². The summed E-state index contributed by atoms with van der Waals surface area (Å²) in [6.45, 7) is 20.9. The molecule has 6 aromatic carbocycles. The van der Waals surface area contributed by atoms with Crippen molar-refractivity contribution in [1.82, 2.24) is 0 Å². The number of aryl methyl sites for hydroxylation is 1. The standard InChI is InChI=1S/C23H27Si.C20H23Si.C2H6Si.2ClH.Zr/c1-24(2,3)21-13-11-18(12-14-21)22-10-6-9-19-15-20(16-23(19)22)17-7-4-5-8-17;1-5-15-13-17-7-6-8-19(20(17)14-15)16-9-11-18(12-10-16)21(2,3)4;1-3-2;;;/h6,9-17H,4-5,7-8H2,1-3H3;6-14H,5H2,1-4H3;1-2H3;2*1H;/q2*-1;;;;+4/p-2. The van der Waals surface area contributed by atoms with Gasteiger partial charge in [0.05, 0.1) is 16.1 Å². The Bertz CT molecular complexity index is 1930. The molecule has 7 rings (SSSR count). The van der Waals surface area contributed by atoms with Crippen molar-refractivity contribution >= 4 is 74.6 Å². The molecule has 0 spiro atoms. The zero-order chi connectivity index (χ0) is 37.2. The summed E-state index contributed by atoms with van der Waals surface area (Å²) in [6, 6.07) is 41.5. The van der Waals surface area contributed by atoms with Crippen LogP contribution in [-0.4, -0.2) is 25.7 Å². The molecule has 0 saturated heterocycles. The molecular formula is C45H56Cl2Si3Zr. The summed E-state index contributed by atoms with van der Waals surface area (Å²) in [5, 5.41) is 8.64. The van der Waals surface area contributed by atoms with Crippen LogP contribution in [0.5, 0.6) is 0 Å². The summed E-state index contributed by atoms with van der Waals surface area (Å²) >= 11 is -0.826. The van der Waals surface area contributed by atoms with Crippen molar-refractivity contribution in [2.75, 3.05) is 0 Å². The normalized spacial score (nSPS) is 13.1. The fourth-order valence-corrected chi connectivity index (χ4v) is 9.39. The van der Waals surface area contributed by atoms with E-state index in [0.717, 1.165) is 21.9 Å². The average Bonchev–Trinajstić information content (AvgIpc) is 3.88. The van der Waals surface area contributed by atoms with Gasteiger partial charge in [0, 0.05) is 9.52 Å². The maximum atomic E-state index is 4.93. The second kappa shape index (κ2) is 19.5. The third-order valence-corrected chi connectivity index (χ3v) is 14.1. The van der Waals surface area contributed by atoms with Crippen LogP contribution >= 0.6 is 17.0 Å². The Morgan fingerprint density at radius 2 is 1.06 bits per heavy atom. The average molecular weight is 843 g/mol. The summed E-state index contributed by atoms with van der Waals surface area (Å²) < 4.78 is 0. The first-order valence-corrected chi connectivity index (χ1v) is 33.8. The molecule has 0 N–H and O–H groups in total. The van der Waals surface area contributed by atoms with Crippen molar-refractivity contribution in [3.8, 4) is 22.3 Å². The Hall–Kier alpha value is -1.79. The molecule has 0 atom stereocenters. The van der Waals surface area contributed by atoms with Gasteiger partial charge in [-0.3, -0.25) is 0 Å². The van der Waals surface area contributed by atoms with E-state index in [4.69, 9.17) is 17.0 Å². The maximum absolute atomic E-state index is 4.93. The summed E-state index contributed by atoms with van der Waals surface area (Å²) in [5.41, 5.74) is 8.42. The van der Waals surface area contributed by atoms with Crippen LogP contribution in [-0.2, 0) is 27.3 Å². The van der Waals surface area contributed by atoms with Crippen molar-refractivity contribution in [2.24, 2.45) is 0 Å².